The van der Waals surface area contributed by atoms with Crippen LogP contribution in [0.3, 0.4) is 0 Å². The smallest absolute Gasteiger partial charge is 0.340 e. The molecule has 0 spiro atoms. The van der Waals surface area contributed by atoms with Crippen LogP contribution in [0.1, 0.15) is 18.7 Å². The highest BCUT2D eigenvalue weighted by molar-refractivity contribution is 9.10. The first-order chi connectivity index (χ1) is 8.60. The Kier molecular flexibility index (Phi) is 3.73. The van der Waals surface area contributed by atoms with Crippen molar-refractivity contribution in [1.29, 1.82) is 0 Å². The van der Waals surface area contributed by atoms with Gasteiger partial charge in [0.05, 0.1) is 12.8 Å². The van der Waals surface area contributed by atoms with E-state index in [1.165, 1.54) is 7.11 Å². The number of nitrogens with zero attached hydrogens (tertiary/aromatic N) is 1. The molecule has 0 bridgehead atoms. The molecule has 96 valence electrons. The second-order valence-corrected chi connectivity index (χ2v) is 4.77. The second kappa shape index (κ2) is 5.12. The molecule has 1 N–H and O–H groups in total. The first kappa shape index (κ1) is 13.1. The Balaban J connectivity index is 2.64. The summed E-state index contributed by atoms with van der Waals surface area (Å²) in [4.78, 5) is 11.4. The number of hydrogen-bond acceptors (Lipinski definition) is 3. The summed E-state index contributed by atoms with van der Waals surface area (Å²) in [6, 6.07) is 7.62. The largest absolute Gasteiger partial charge is 0.467 e. The van der Waals surface area contributed by atoms with E-state index in [2.05, 4.69) is 20.7 Å². The summed E-state index contributed by atoms with van der Waals surface area (Å²) >= 11 is 3.47. The normalized spacial score (nSPS) is 12.7. The number of aliphatic hydroxyl groups is 1. The highest BCUT2D eigenvalue weighted by atomic mass is 79.9. The lowest BCUT2D eigenvalue weighted by Gasteiger charge is -2.12. The lowest BCUT2D eigenvalue weighted by atomic mass is 10.2. The van der Waals surface area contributed by atoms with Crippen molar-refractivity contribution in [3.63, 3.8) is 0 Å². The summed E-state index contributed by atoms with van der Waals surface area (Å²) < 4.78 is 7.42. The van der Waals surface area contributed by atoms with E-state index in [1.807, 2.05) is 35.8 Å². The molecule has 0 fully saturated rings. The molecule has 0 saturated heterocycles. The molecule has 0 radical (unpaired) electrons. The lowest BCUT2D eigenvalue weighted by Crippen LogP contribution is -2.17. The van der Waals surface area contributed by atoms with Gasteiger partial charge in [0.1, 0.15) is 0 Å². The van der Waals surface area contributed by atoms with Gasteiger partial charge < -0.3 is 14.4 Å². The maximum Gasteiger partial charge on any atom is 0.340 e. The molecule has 0 aliphatic rings. The molecule has 5 heteroatoms. The number of ether oxygens (including phenoxy) is 1. The molecular weight excluding hydrogens is 298 g/mol. The second-order valence-electron chi connectivity index (χ2n) is 3.91. The van der Waals surface area contributed by atoms with Crippen LogP contribution in [-0.4, -0.2) is 22.8 Å². The van der Waals surface area contributed by atoms with E-state index in [0.29, 0.717) is 12.2 Å². The zero-order valence-corrected chi connectivity index (χ0v) is 11.8. The number of aliphatic hydroxyl groups excluding tert-OH is 1. The van der Waals surface area contributed by atoms with Gasteiger partial charge in [-0.15, -0.1) is 0 Å². The third-order valence-corrected chi connectivity index (χ3v) is 3.64. The van der Waals surface area contributed by atoms with Gasteiger partial charge in [0.15, 0.2) is 6.10 Å². The minimum Gasteiger partial charge on any atom is -0.467 e. The molecular formula is C13H14BrNO3. The van der Waals surface area contributed by atoms with Gasteiger partial charge in [-0.2, -0.15) is 0 Å². The van der Waals surface area contributed by atoms with Crippen LogP contribution in [0.4, 0.5) is 0 Å². The fourth-order valence-corrected chi connectivity index (χ4v) is 2.55. The Morgan fingerprint density at radius 2 is 2.28 bits per heavy atom. The van der Waals surface area contributed by atoms with Crippen molar-refractivity contribution >= 4 is 32.8 Å². The van der Waals surface area contributed by atoms with E-state index in [-0.39, 0.29) is 0 Å². The summed E-state index contributed by atoms with van der Waals surface area (Å²) in [6.45, 7) is 2.64. The molecule has 1 aromatic carbocycles. The number of aromatic nitrogens is 1. The molecule has 0 amide bonds. The molecule has 0 aliphatic carbocycles. The SMILES string of the molecule is CCn1c(C(O)C(=O)OC)cc2c(Br)cccc21. The average Bonchev–Trinajstić information content (AvgIpc) is 2.76. The molecule has 4 nitrogen and oxygen atoms in total. The average molecular weight is 312 g/mol. The molecule has 2 aromatic rings. The van der Waals surface area contributed by atoms with Crippen molar-refractivity contribution in [2.75, 3.05) is 7.11 Å². The number of aryl methyl sites for hydroxylation is 1. The number of fused-ring (bicyclic) bond motifs is 1. The number of methoxy groups -OCH3 is 1. The molecule has 18 heavy (non-hydrogen) atoms. The van der Waals surface area contributed by atoms with Crippen LogP contribution in [0.25, 0.3) is 10.9 Å². The monoisotopic (exact) mass is 311 g/mol. The summed E-state index contributed by atoms with van der Waals surface area (Å²) in [5.41, 5.74) is 1.52. The molecule has 0 aliphatic heterocycles. The van der Waals surface area contributed by atoms with Gasteiger partial charge in [-0.1, -0.05) is 22.0 Å². The van der Waals surface area contributed by atoms with Crippen LogP contribution in [0.5, 0.6) is 0 Å². The van der Waals surface area contributed by atoms with Crippen molar-refractivity contribution in [2.45, 2.75) is 19.6 Å². The van der Waals surface area contributed by atoms with Gasteiger partial charge in [-0.25, -0.2) is 4.79 Å². The fraction of sp³-hybridized carbons (Fsp3) is 0.308. The van der Waals surface area contributed by atoms with E-state index in [4.69, 9.17) is 0 Å². The predicted octanol–water partition coefficient (Wildman–Crippen LogP) is 2.63. The fourth-order valence-electron chi connectivity index (χ4n) is 2.08. The lowest BCUT2D eigenvalue weighted by molar-refractivity contribution is -0.151. The van der Waals surface area contributed by atoms with Crippen molar-refractivity contribution in [1.82, 2.24) is 4.57 Å². The Hall–Kier alpha value is -1.33. The first-order valence-corrected chi connectivity index (χ1v) is 6.43. The highest BCUT2D eigenvalue weighted by Crippen LogP contribution is 2.30. The first-order valence-electron chi connectivity index (χ1n) is 5.63. The minimum absolute atomic E-state index is 0.547. The van der Waals surface area contributed by atoms with E-state index in [0.717, 1.165) is 15.4 Å². The zero-order valence-electron chi connectivity index (χ0n) is 10.2. The van der Waals surface area contributed by atoms with Crippen LogP contribution in [0, 0.1) is 0 Å². The van der Waals surface area contributed by atoms with Crippen molar-refractivity contribution in [3.8, 4) is 0 Å². The Labute approximate surface area is 113 Å². The number of carbonyl (C=O) groups excluding carboxylic acids is 1. The van der Waals surface area contributed by atoms with Gasteiger partial charge in [0, 0.05) is 21.9 Å². The topological polar surface area (TPSA) is 51.5 Å². The number of rotatable bonds is 3. The highest BCUT2D eigenvalue weighted by Gasteiger charge is 2.23. The maximum atomic E-state index is 11.4. The summed E-state index contributed by atoms with van der Waals surface area (Å²) in [5, 5.41) is 11.0. The van der Waals surface area contributed by atoms with Crippen LogP contribution < -0.4 is 0 Å². The Morgan fingerprint density at radius 3 is 2.89 bits per heavy atom. The standard InChI is InChI=1S/C13H14BrNO3/c1-3-15-10-6-4-5-9(14)8(10)7-11(15)12(16)13(17)18-2/h4-7,12,16H,3H2,1-2H3. The van der Waals surface area contributed by atoms with Crippen LogP contribution in [0.2, 0.25) is 0 Å². The third kappa shape index (κ3) is 2.04. The van der Waals surface area contributed by atoms with E-state index in [9.17, 15) is 9.90 Å². The Bertz CT molecular complexity index is 591. The van der Waals surface area contributed by atoms with Gasteiger partial charge in [0.25, 0.3) is 0 Å². The predicted molar refractivity (Wildman–Crippen MR) is 72.3 cm³/mol. The van der Waals surface area contributed by atoms with Crippen LogP contribution in [0.15, 0.2) is 28.7 Å². The van der Waals surface area contributed by atoms with Crippen molar-refractivity contribution in [3.05, 3.63) is 34.4 Å². The minimum atomic E-state index is -1.26. The van der Waals surface area contributed by atoms with Gasteiger partial charge in [-0.05, 0) is 25.1 Å². The number of hydrogen-bond donors (Lipinski definition) is 1. The van der Waals surface area contributed by atoms with Gasteiger partial charge >= 0.3 is 5.97 Å². The number of carbonyl (C=O) groups is 1. The Morgan fingerprint density at radius 1 is 1.56 bits per heavy atom. The zero-order chi connectivity index (χ0) is 13.3. The van der Waals surface area contributed by atoms with Gasteiger partial charge in [-0.3, -0.25) is 0 Å². The van der Waals surface area contributed by atoms with Crippen molar-refractivity contribution in [2.24, 2.45) is 0 Å². The van der Waals surface area contributed by atoms with E-state index >= 15 is 0 Å². The summed E-state index contributed by atoms with van der Waals surface area (Å²) in [7, 11) is 1.26. The summed E-state index contributed by atoms with van der Waals surface area (Å²) in [5.74, 6) is -0.649. The molecule has 0 saturated carbocycles. The van der Waals surface area contributed by atoms with E-state index < -0.39 is 12.1 Å². The number of esters is 1. The van der Waals surface area contributed by atoms with Crippen LogP contribution in [-0.2, 0) is 16.1 Å². The third-order valence-electron chi connectivity index (χ3n) is 2.95. The number of halogens is 1. The number of benzene rings is 1. The summed E-state index contributed by atoms with van der Waals surface area (Å²) in [6.07, 6.45) is -1.26. The molecule has 2 rings (SSSR count). The van der Waals surface area contributed by atoms with E-state index in [1.54, 1.807) is 0 Å². The molecule has 1 unspecified atom stereocenters. The molecule has 1 heterocycles. The van der Waals surface area contributed by atoms with Crippen LogP contribution >= 0.6 is 15.9 Å². The molecule has 1 aromatic heterocycles. The quantitative estimate of drug-likeness (QED) is 0.887. The maximum absolute atomic E-state index is 11.4. The molecule has 1 atom stereocenters. The van der Waals surface area contributed by atoms with Gasteiger partial charge in [0.2, 0.25) is 0 Å². The van der Waals surface area contributed by atoms with Crippen molar-refractivity contribution < 1.29 is 14.6 Å².